The largest absolute Gasteiger partial charge is 0.507 e. The monoisotopic (exact) mass is 298 g/mol. The van der Waals surface area contributed by atoms with Crippen LogP contribution in [0.5, 0.6) is 5.75 Å². The fraction of sp³-hybridized carbons (Fsp3) is 0. The van der Waals surface area contributed by atoms with Gasteiger partial charge < -0.3 is 5.11 Å². The molecule has 0 saturated heterocycles. The molecule has 23 heavy (non-hydrogen) atoms. The summed E-state index contributed by atoms with van der Waals surface area (Å²) in [6, 6.07) is 25.2. The average molecular weight is 298 g/mol. The summed E-state index contributed by atoms with van der Waals surface area (Å²) >= 11 is 0. The predicted octanol–water partition coefficient (Wildman–Crippen LogP) is 4.67. The molecule has 0 aliphatic carbocycles. The molecule has 3 heteroatoms. The van der Waals surface area contributed by atoms with Crippen LogP contribution in [0.25, 0.3) is 33.3 Å². The Balaban J connectivity index is 2.02. The second kappa shape index (κ2) is 5.54. The van der Waals surface area contributed by atoms with Crippen molar-refractivity contribution in [2.24, 2.45) is 0 Å². The van der Waals surface area contributed by atoms with E-state index in [9.17, 15) is 5.11 Å². The van der Waals surface area contributed by atoms with E-state index < -0.39 is 0 Å². The first-order chi connectivity index (χ1) is 11.3. The maximum Gasteiger partial charge on any atom is 0.125 e. The molecule has 0 aliphatic heterocycles. The Morgan fingerprint density at radius 1 is 0.565 bits per heavy atom. The van der Waals surface area contributed by atoms with Crippen LogP contribution < -0.4 is 0 Å². The molecule has 4 rings (SSSR count). The molecule has 3 nitrogen and oxygen atoms in total. The Labute approximate surface area is 133 Å². The molecule has 4 aromatic rings. The third-order valence-corrected chi connectivity index (χ3v) is 3.89. The van der Waals surface area contributed by atoms with Crippen molar-refractivity contribution in [2.45, 2.75) is 0 Å². The van der Waals surface area contributed by atoms with E-state index in [2.05, 4.69) is 10.2 Å². The Hall–Kier alpha value is -3.20. The highest BCUT2D eigenvalue weighted by Gasteiger charge is 2.14. The van der Waals surface area contributed by atoms with Gasteiger partial charge in [0.2, 0.25) is 0 Å². The minimum Gasteiger partial charge on any atom is -0.507 e. The summed E-state index contributed by atoms with van der Waals surface area (Å²) in [6.45, 7) is 0. The van der Waals surface area contributed by atoms with Crippen molar-refractivity contribution in [3.05, 3.63) is 78.9 Å². The van der Waals surface area contributed by atoms with E-state index in [-0.39, 0.29) is 5.75 Å². The first kappa shape index (κ1) is 13.5. The highest BCUT2D eigenvalue weighted by atomic mass is 16.3. The zero-order valence-corrected chi connectivity index (χ0v) is 12.3. The third-order valence-electron chi connectivity index (χ3n) is 3.89. The Bertz CT molecular complexity index is 981. The van der Waals surface area contributed by atoms with Gasteiger partial charge in [0.15, 0.2) is 0 Å². The van der Waals surface area contributed by atoms with Crippen LogP contribution in [0.15, 0.2) is 78.9 Å². The van der Waals surface area contributed by atoms with Crippen molar-refractivity contribution in [3.8, 4) is 28.3 Å². The van der Waals surface area contributed by atoms with Crippen LogP contribution in [0.3, 0.4) is 0 Å². The quantitative estimate of drug-likeness (QED) is 0.585. The van der Waals surface area contributed by atoms with Gasteiger partial charge in [-0.25, -0.2) is 0 Å². The number of fused-ring (bicyclic) bond motifs is 1. The normalized spacial score (nSPS) is 10.8. The van der Waals surface area contributed by atoms with E-state index in [0.29, 0.717) is 11.3 Å². The van der Waals surface area contributed by atoms with Gasteiger partial charge in [0.25, 0.3) is 0 Å². The average Bonchev–Trinajstić information content (AvgIpc) is 2.62. The molecular weight excluding hydrogens is 284 g/mol. The van der Waals surface area contributed by atoms with Crippen molar-refractivity contribution in [3.63, 3.8) is 0 Å². The molecular formula is C20H14N2O. The molecule has 0 spiro atoms. The van der Waals surface area contributed by atoms with E-state index in [1.807, 2.05) is 66.7 Å². The number of phenols is 1. The number of phenolic OH excluding ortho intramolecular Hbond substituents is 1. The molecule has 3 aromatic carbocycles. The molecule has 0 saturated carbocycles. The van der Waals surface area contributed by atoms with Crippen molar-refractivity contribution in [1.29, 1.82) is 0 Å². The van der Waals surface area contributed by atoms with Crippen molar-refractivity contribution in [2.75, 3.05) is 0 Å². The molecule has 110 valence electrons. The van der Waals surface area contributed by atoms with Crippen LogP contribution in [0, 0.1) is 0 Å². The van der Waals surface area contributed by atoms with E-state index in [1.165, 1.54) is 0 Å². The van der Waals surface area contributed by atoms with Gasteiger partial charge in [0.1, 0.15) is 17.1 Å². The van der Waals surface area contributed by atoms with Crippen LogP contribution in [0.2, 0.25) is 0 Å². The van der Waals surface area contributed by atoms with Gasteiger partial charge in [0, 0.05) is 21.9 Å². The number of nitrogens with zero attached hydrogens (tertiary/aromatic N) is 2. The molecule has 0 radical (unpaired) electrons. The molecule has 1 aromatic heterocycles. The number of para-hydroxylation sites is 1. The van der Waals surface area contributed by atoms with Gasteiger partial charge in [-0.05, 0) is 12.1 Å². The van der Waals surface area contributed by atoms with Gasteiger partial charge in [0.05, 0.1) is 0 Å². The topological polar surface area (TPSA) is 46.0 Å². The summed E-state index contributed by atoms with van der Waals surface area (Å²) < 4.78 is 0. The van der Waals surface area contributed by atoms with Crippen LogP contribution in [0.4, 0.5) is 0 Å². The molecule has 0 bridgehead atoms. The number of rotatable bonds is 2. The molecule has 1 heterocycles. The smallest absolute Gasteiger partial charge is 0.125 e. The molecule has 1 N–H and O–H groups in total. The van der Waals surface area contributed by atoms with Gasteiger partial charge in [-0.2, -0.15) is 0 Å². The van der Waals surface area contributed by atoms with Gasteiger partial charge >= 0.3 is 0 Å². The first-order valence-electron chi connectivity index (χ1n) is 7.44. The van der Waals surface area contributed by atoms with Crippen LogP contribution >= 0.6 is 0 Å². The highest BCUT2D eigenvalue weighted by molar-refractivity contribution is 6.02. The molecule has 0 unspecified atom stereocenters. The van der Waals surface area contributed by atoms with Crippen LogP contribution in [0.1, 0.15) is 0 Å². The molecule has 0 fully saturated rings. The van der Waals surface area contributed by atoms with Crippen molar-refractivity contribution >= 4 is 10.8 Å². The van der Waals surface area contributed by atoms with E-state index >= 15 is 0 Å². The Morgan fingerprint density at radius 3 is 1.87 bits per heavy atom. The zero-order chi connectivity index (χ0) is 15.6. The fourth-order valence-electron chi connectivity index (χ4n) is 2.79. The van der Waals surface area contributed by atoms with Crippen LogP contribution in [-0.2, 0) is 0 Å². The zero-order valence-electron chi connectivity index (χ0n) is 12.3. The van der Waals surface area contributed by atoms with Gasteiger partial charge in [-0.1, -0.05) is 66.7 Å². The standard InChI is InChI=1S/C20H14N2O/c23-18-13-7-6-12-17(18)20-16-11-5-4-10-15(16)19(21-22-20)14-8-2-1-3-9-14/h1-13,23H. The SMILES string of the molecule is Oc1ccccc1-c1nnc(-c2ccccc2)c2ccccc12. The number of hydrogen-bond acceptors (Lipinski definition) is 3. The second-order valence-corrected chi connectivity index (χ2v) is 5.33. The van der Waals surface area contributed by atoms with E-state index in [1.54, 1.807) is 12.1 Å². The second-order valence-electron chi connectivity index (χ2n) is 5.33. The minimum absolute atomic E-state index is 0.208. The fourth-order valence-corrected chi connectivity index (χ4v) is 2.79. The lowest BCUT2D eigenvalue weighted by Gasteiger charge is -2.10. The summed E-state index contributed by atoms with van der Waals surface area (Å²) in [5.74, 6) is 0.208. The van der Waals surface area contributed by atoms with E-state index in [0.717, 1.165) is 22.0 Å². The molecule has 0 amide bonds. The van der Waals surface area contributed by atoms with Crippen LogP contribution in [-0.4, -0.2) is 15.3 Å². The molecule has 0 atom stereocenters. The summed E-state index contributed by atoms with van der Waals surface area (Å²) in [6.07, 6.45) is 0. The summed E-state index contributed by atoms with van der Waals surface area (Å²) in [4.78, 5) is 0. The number of aromatic hydroxyl groups is 1. The van der Waals surface area contributed by atoms with Gasteiger partial charge in [-0.3, -0.25) is 0 Å². The number of aromatic nitrogens is 2. The first-order valence-corrected chi connectivity index (χ1v) is 7.44. The van der Waals surface area contributed by atoms with Crippen molar-refractivity contribution in [1.82, 2.24) is 10.2 Å². The lowest BCUT2D eigenvalue weighted by atomic mass is 10.00. The summed E-state index contributed by atoms with van der Waals surface area (Å²) in [5, 5.41) is 21.0. The summed E-state index contributed by atoms with van der Waals surface area (Å²) in [5.41, 5.74) is 3.26. The Kier molecular flexibility index (Phi) is 3.24. The van der Waals surface area contributed by atoms with E-state index in [4.69, 9.17) is 0 Å². The maximum atomic E-state index is 10.1. The lowest BCUT2D eigenvalue weighted by molar-refractivity contribution is 0.477. The predicted molar refractivity (Wildman–Crippen MR) is 92.1 cm³/mol. The maximum absolute atomic E-state index is 10.1. The Morgan fingerprint density at radius 2 is 1.13 bits per heavy atom. The van der Waals surface area contributed by atoms with Crippen molar-refractivity contribution < 1.29 is 5.11 Å². The number of benzene rings is 3. The summed E-state index contributed by atoms with van der Waals surface area (Å²) in [7, 11) is 0. The lowest BCUT2D eigenvalue weighted by Crippen LogP contribution is -1.94. The number of hydrogen-bond donors (Lipinski definition) is 1. The minimum atomic E-state index is 0.208. The molecule has 0 aliphatic rings. The highest BCUT2D eigenvalue weighted by Crippen LogP contribution is 2.35. The third kappa shape index (κ3) is 2.32. The van der Waals surface area contributed by atoms with Gasteiger partial charge in [-0.15, -0.1) is 10.2 Å².